The molecular weight excluding hydrogens is 649 g/mol. The van der Waals surface area contributed by atoms with Crippen LogP contribution in [0.4, 0.5) is 0 Å². The van der Waals surface area contributed by atoms with Crippen molar-refractivity contribution in [3.05, 3.63) is 117 Å². The topological polar surface area (TPSA) is 93.9 Å². The highest BCUT2D eigenvalue weighted by molar-refractivity contribution is 5.90. The minimum atomic E-state index is 0.325. The summed E-state index contributed by atoms with van der Waals surface area (Å²) in [5, 5.41) is 40.4. The van der Waals surface area contributed by atoms with Crippen LogP contribution in [0, 0.1) is 0 Å². The van der Waals surface area contributed by atoms with Gasteiger partial charge in [0.05, 0.1) is 0 Å². The van der Waals surface area contributed by atoms with Crippen LogP contribution in [0.25, 0.3) is 22.3 Å². The molecule has 0 amide bonds. The molecule has 52 heavy (non-hydrogen) atoms. The van der Waals surface area contributed by atoms with E-state index in [4.69, 9.17) is 0 Å². The minimum Gasteiger partial charge on any atom is -0.508 e. The van der Waals surface area contributed by atoms with Crippen molar-refractivity contribution in [2.75, 3.05) is 56.4 Å². The van der Waals surface area contributed by atoms with Crippen LogP contribution >= 0.6 is 0 Å². The lowest BCUT2D eigenvalue weighted by atomic mass is 9.94. The van der Waals surface area contributed by atoms with E-state index >= 15 is 0 Å². The van der Waals surface area contributed by atoms with Crippen molar-refractivity contribution in [1.29, 1.82) is 0 Å². The van der Waals surface area contributed by atoms with E-state index in [2.05, 4.69) is 52.0 Å². The first-order chi connectivity index (χ1) is 24.4. The maximum absolute atomic E-state index is 10.1. The Kier molecular flexibility index (Phi) is 15.1. The summed E-state index contributed by atoms with van der Waals surface area (Å²) in [6, 6.07) is 23.1. The molecule has 280 valence electrons. The smallest absolute Gasteiger partial charge is 0.120 e. The Hall–Kier alpha value is -4.60. The summed E-state index contributed by atoms with van der Waals surface area (Å²) in [5.74, 6) is 1.30. The second-order valence-electron chi connectivity index (χ2n) is 14.8. The highest BCUT2D eigenvalue weighted by atomic mass is 16.3. The maximum atomic E-state index is 10.1. The third-order valence-corrected chi connectivity index (χ3v) is 9.12. The van der Waals surface area contributed by atoms with Crippen LogP contribution in [0.3, 0.4) is 0 Å². The Morgan fingerprint density at radius 3 is 0.673 bits per heavy atom. The molecule has 0 saturated heterocycles. The van der Waals surface area contributed by atoms with E-state index in [1.165, 1.54) is 0 Å². The van der Waals surface area contributed by atoms with Crippen LogP contribution < -0.4 is 0 Å². The van der Waals surface area contributed by atoms with Crippen molar-refractivity contribution < 1.29 is 20.4 Å². The van der Waals surface area contributed by atoms with E-state index in [1.807, 2.05) is 100 Å². The van der Waals surface area contributed by atoms with Gasteiger partial charge in [0, 0.05) is 48.4 Å². The quantitative estimate of drug-likeness (QED) is 0.109. The highest BCUT2D eigenvalue weighted by Gasteiger charge is 2.12. The molecule has 0 bridgehead atoms. The molecule has 0 spiro atoms. The normalized spacial score (nSPS) is 12.6. The Balaban J connectivity index is 0.000000280. The third kappa shape index (κ3) is 11.7. The van der Waals surface area contributed by atoms with Crippen LogP contribution in [0.15, 0.2) is 72.8 Å². The van der Waals surface area contributed by atoms with Gasteiger partial charge < -0.3 is 40.0 Å². The average Bonchev–Trinajstić information content (AvgIpc) is 3.07. The molecule has 0 unspecified atom stereocenters. The fourth-order valence-electron chi connectivity index (χ4n) is 6.01. The molecule has 0 aliphatic carbocycles. The summed E-state index contributed by atoms with van der Waals surface area (Å²) in [7, 11) is 15.9. The highest BCUT2D eigenvalue weighted by Crippen LogP contribution is 2.33. The van der Waals surface area contributed by atoms with E-state index < -0.39 is 0 Å². The SMILES string of the molecule is C/C(=C(/C)c1ccc(O)c(CN(C)C)c1)c1ccc(O)c(CN(C)C)c1.C/C(=C(\C)c1ccc(O)c(CN(C)C)c1)c1ccc(O)c(CN(C)C)c1. The molecule has 4 aromatic carbocycles. The fourth-order valence-corrected chi connectivity index (χ4v) is 6.01. The molecule has 0 saturated carbocycles. The number of allylic oxidation sites excluding steroid dienone is 4. The van der Waals surface area contributed by atoms with Gasteiger partial charge in [-0.1, -0.05) is 24.3 Å². The van der Waals surface area contributed by atoms with E-state index in [-0.39, 0.29) is 0 Å². The Labute approximate surface area is 312 Å². The molecule has 0 heterocycles. The zero-order valence-electron chi connectivity index (χ0n) is 33.3. The number of nitrogens with zero attached hydrogens (tertiary/aromatic N) is 4. The standard InChI is InChI=1S/2C22H30N2O2/c2*1-15(17-7-9-21(25)19(11-17)13-23(3)4)16(2)18-8-10-22(26)20(12-18)14-24(5)6/h2*7-12,25-26H,13-14H2,1-6H3/b16-15+;16-15-. The number of phenols is 4. The van der Waals surface area contributed by atoms with Crippen LogP contribution in [0.5, 0.6) is 23.0 Å². The molecule has 0 aliphatic heterocycles. The third-order valence-electron chi connectivity index (χ3n) is 9.12. The lowest BCUT2D eigenvalue weighted by molar-refractivity contribution is 0.386. The summed E-state index contributed by atoms with van der Waals surface area (Å²) in [6.07, 6.45) is 0. The van der Waals surface area contributed by atoms with Gasteiger partial charge in [0.25, 0.3) is 0 Å². The molecule has 0 fully saturated rings. The van der Waals surface area contributed by atoms with E-state index in [0.29, 0.717) is 49.2 Å². The molecule has 8 heteroatoms. The first-order valence-electron chi connectivity index (χ1n) is 17.6. The van der Waals surface area contributed by atoms with Crippen molar-refractivity contribution >= 4 is 22.3 Å². The van der Waals surface area contributed by atoms with E-state index in [0.717, 1.165) is 66.8 Å². The van der Waals surface area contributed by atoms with Crippen LogP contribution in [0.2, 0.25) is 0 Å². The Bertz CT molecular complexity index is 1620. The lowest BCUT2D eigenvalue weighted by Crippen LogP contribution is -2.11. The summed E-state index contributed by atoms with van der Waals surface area (Å²) in [4.78, 5) is 8.16. The van der Waals surface area contributed by atoms with Gasteiger partial charge in [0.1, 0.15) is 23.0 Å². The molecule has 0 aliphatic rings. The van der Waals surface area contributed by atoms with Crippen molar-refractivity contribution in [2.24, 2.45) is 0 Å². The minimum absolute atomic E-state index is 0.325. The van der Waals surface area contributed by atoms with Gasteiger partial charge in [0.2, 0.25) is 0 Å². The predicted octanol–water partition coefficient (Wildman–Crippen LogP) is 8.34. The number of hydrogen-bond acceptors (Lipinski definition) is 8. The number of hydrogen-bond donors (Lipinski definition) is 4. The van der Waals surface area contributed by atoms with E-state index in [9.17, 15) is 20.4 Å². The molecule has 0 atom stereocenters. The molecule has 0 radical (unpaired) electrons. The van der Waals surface area contributed by atoms with Gasteiger partial charge in [-0.25, -0.2) is 0 Å². The largest absolute Gasteiger partial charge is 0.508 e. The molecule has 4 rings (SSSR count). The molecular formula is C44H60N4O4. The first-order valence-corrected chi connectivity index (χ1v) is 17.6. The van der Waals surface area contributed by atoms with Gasteiger partial charge in [-0.3, -0.25) is 0 Å². The molecule has 0 aromatic heterocycles. The van der Waals surface area contributed by atoms with Crippen molar-refractivity contribution in [3.8, 4) is 23.0 Å². The summed E-state index contributed by atoms with van der Waals surface area (Å²) < 4.78 is 0. The zero-order valence-corrected chi connectivity index (χ0v) is 33.3. The second kappa shape index (κ2) is 18.8. The summed E-state index contributed by atoms with van der Waals surface area (Å²) >= 11 is 0. The van der Waals surface area contributed by atoms with Gasteiger partial charge >= 0.3 is 0 Å². The van der Waals surface area contributed by atoms with Crippen LogP contribution in [-0.2, 0) is 26.2 Å². The number of rotatable bonds is 12. The average molecular weight is 709 g/mol. The summed E-state index contributed by atoms with van der Waals surface area (Å²) in [6.45, 7) is 11.2. The fraction of sp³-hybridized carbons (Fsp3) is 0.364. The van der Waals surface area contributed by atoms with Crippen LogP contribution in [-0.4, -0.2) is 96.4 Å². The van der Waals surface area contributed by atoms with Crippen LogP contribution in [0.1, 0.15) is 72.2 Å². The molecule has 8 nitrogen and oxygen atoms in total. The van der Waals surface area contributed by atoms with Gasteiger partial charge in [-0.2, -0.15) is 0 Å². The Morgan fingerprint density at radius 2 is 0.519 bits per heavy atom. The van der Waals surface area contributed by atoms with Crippen molar-refractivity contribution in [2.45, 2.75) is 53.9 Å². The number of aromatic hydroxyl groups is 4. The number of phenolic OH excluding ortho intramolecular Hbond substituents is 4. The Morgan fingerprint density at radius 1 is 0.346 bits per heavy atom. The second-order valence-corrected chi connectivity index (χ2v) is 14.8. The maximum Gasteiger partial charge on any atom is 0.120 e. The zero-order chi connectivity index (χ0) is 38.9. The lowest BCUT2D eigenvalue weighted by Gasteiger charge is -2.16. The molecule has 4 aromatic rings. The summed E-state index contributed by atoms with van der Waals surface area (Å²) in [5.41, 5.74) is 12.7. The monoisotopic (exact) mass is 708 g/mol. The molecule has 4 N–H and O–H groups in total. The first kappa shape index (κ1) is 41.8. The van der Waals surface area contributed by atoms with Crippen molar-refractivity contribution in [1.82, 2.24) is 19.6 Å². The van der Waals surface area contributed by atoms with Gasteiger partial charge in [0.15, 0.2) is 0 Å². The van der Waals surface area contributed by atoms with Gasteiger partial charge in [-0.15, -0.1) is 0 Å². The number of benzene rings is 4. The van der Waals surface area contributed by atoms with Gasteiger partial charge in [-0.05, 0) is 177 Å². The van der Waals surface area contributed by atoms with Crippen molar-refractivity contribution in [3.63, 3.8) is 0 Å². The predicted molar refractivity (Wildman–Crippen MR) is 218 cm³/mol. The van der Waals surface area contributed by atoms with E-state index in [1.54, 1.807) is 24.3 Å².